The van der Waals surface area contributed by atoms with Gasteiger partial charge in [0, 0.05) is 18.8 Å². The molecule has 1 saturated heterocycles. The van der Waals surface area contributed by atoms with E-state index in [1.54, 1.807) is 0 Å². The SMILES string of the molecule is C.C=C(C)O.CC.CC.c1ccc(COc2ccc3c(c2)CCC(c2ccccc2)C3c2ccc(OCCCC3CC4(C3)OCCO4)cc2)cc1. The first-order valence-corrected chi connectivity index (χ1v) is 18.7. The molecule has 276 valence electrons. The van der Waals surface area contributed by atoms with E-state index in [1.165, 1.54) is 41.2 Å². The molecule has 2 fully saturated rings. The number of hydrogen-bond acceptors (Lipinski definition) is 5. The smallest absolute Gasteiger partial charge is 0.169 e. The van der Waals surface area contributed by atoms with Crippen LogP contribution in [-0.4, -0.2) is 30.7 Å². The van der Waals surface area contributed by atoms with E-state index >= 15 is 0 Å². The third-order valence-electron chi connectivity index (χ3n) is 9.33. The van der Waals surface area contributed by atoms with Crippen molar-refractivity contribution in [1.29, 1.82) is 0 Å². The standard InChI is InChI=1S/C38H40O4.C3H6O.2C2H6.CH4/c1-3-8-28(9-4-1)27-40-34-18-20-36-32(24-34)15-19-35(30-11-5-2-6-12-30)37(36)31-13-16-33(17-14-31)39-21-7-10-29-25-38(26-29)41-22-23-42-38;1-3(2)4;2*1-2;/h1-6,8-9,11-14,16-18,20,24,29,35,37H,7,10,15,19,21-23,25-27H2;4H,1H2,2H3;2*1-2H3;1H4. The second-order valence-corrected chi connectivity index (χ2v) is 12.8. The molecular formula is C46H62O5. The molecule has 1 spiro atoms. The first kappa shape index (κ1) is 41.4. The van der Waals surface area contributed by atoms with Crippen molar-refractivity contribution in [2.45, 2.75) is 105 Å². The van der Waals surface area contributed by atoms with Crippen molar-refractivity contribution in [3.05, 3.63) is 143 Å². The van der Waals surface area contributed by atoms with Gasteiger partial charge in [-0.15, -0.1) is 0 Å². The number of allylic oxidation sites excluding steroid dienone is 1. The van der Waals surface area contributed by atoms with Gasteiger partial charge in [0.1, 0.15) is 18.1 Å². The van der Waals surface area contributed by atoms with E-state index in [-0.39, 0.29) is 19.0 Å². The van der Waals surface area contributed by atoms with Crippen molar-refractivity contribution >= 4 is 0 Å². The van der Waals surface area contributed by atoms with E-state index in [0.29, 0.717) is 24.4 Å². The second-order valence-electron chi connectivity index (χ2n) is 12.8. The van der Waals surface area contributed by atoms with Crippen molar-refractivity contribution in [2.75, 3.05) is 19.8 Å². The molecule has 1 heterocycles. The van der Waals surface area contributed by atoms with Gasteiger partial charge in [-0.3, -0.25) is 0 Å². The van der Waals surface area contributed by atoms with Gasteiger partial charge in [0.2, 0.25) is 0 Å². The molecule has 1 aliphatic heterocycles. The van der Waals surface area contributed by atoms with Crippen LogP contribution in [-0.2, 0) is 22.5 Å². The van der Waals surface area contributed by atoms with Gasteiger partial charge in [-0.1, -0.05) is 121 Å². The monoisotopic (exact) mass is 694 g/mol. The fraction of sp³-hybridized carbons (Fsp3) is 0.435. The van der Waals surface area contributed by atoms with E-state index in [1.807, 2.05) is 33.8 Å². The van der Waals surface area contributed by atoms with Gasteiger partial charge >= 0.3 is 0 Å². The van der Waals surface area contributed by atoms with Crippen LogP contribution < -0.4 is 9.47 Å². The quantitative estimate of drug-likeness (QED) is 0.132. The van der Waals surface area contributed by atoms with Crippen LogP contribution in [0, 0.1) is 5.92 Å². The van der Waals surface area contributed by atoms with Crippen LogP contribution in [0.1, 0.15) is 114 Å². The van der Waals surface area contributed by atoms with E-state index in [4.69, 9.17) is 24.1 Å². The van der Waals surface area contributed by atoms with Gasteiger partial charge in [-0.05, 0) is 96.5 Å². The lowest BCUT2D eigenvalue weighted by molar-refractivity contribution is -0.231. The van der Waals surface area contributed by atoms with Gasteiger partial charge in [0.25, 0.3) is 0 Å². The Morgan fingerprint density at radius 2 is 1.37 bits per heavy atom. The molecule has 0 bridgehead atoms. The van der Waals surface area contributed by atoms with Crippen molar-refractivity contribution in [3.8, 4) is 11.5 Å². The van der Waals surface area contributed by atoms with E-state index in [2.05, 4.69) is 104 Å². The highest BCUT2D eigenvalue weighted by atomic mass is 16.7. The summed E-state index contributed by atoms with van der Waals surface area (Å²) in [5, 5.41) is 7.86. The summed E-state index contributed by atoms with van der Waals surface area (Å²) in [6.07, 6.45) is 6.46. The van der Waals surface area contributed by atoms with Crippen LogP contribution in [0.4, 0.5) is 0 Å². The summed E-state index contributed by atoms with van der Waals surface area (Å²) in [6.45, 7) is 15.5. The summed E-state index contributed by atoms with van der Waals surface area (Å²) in [5.74, 6) is 3.23. The average molecular weight is 695 g/mol. The van der Waals surface area contributed by atoms with Gasteiger partial charge < -0.3 is 24.1 Å². The minimum Gasteiger partial charge on any atom is -0.513 e. The van der Waals surface area contributed by atoms with Crippen LogP contribution in [0.5, 0.6) is 11.5 Å². The van der Waals surface area contributed by atoms with Gasteiger partial charge in [0.15, 0.2) is 5.79 Å². The molecule has 7 rings (SSSR count). The number of rotatable bonds is 10. The minimum atomic E-state index is -0.243. The Morgan fingerprint density at radius 1 is 0.784 bits per heavy atom. The minimum absolute atomic E-state index is 0. The Labute approximate surface area is 308 Å². The lowest BCUT2D eigenvalue weighted by Crippen LogP contribution is -2.44. The number of ether oxygens (including phenoxy) is 4. The van der Waals surface area contributed by atoms with E-state index in [0.717, 1.165) is 63.4 Å². The molecule has 5 heteroatoms. The fourth-order valence-electron chi connectivity index (χ4n) is 7.19. The zero-order valence-electron chi connectivity index (χ0n) is 30.9. The lowest BCUT2D eigenvalue weighted by Gasteiger charge is -2.43. The summed E-state index contributed by atoms with van der Waals surface area (Å²) < 4.78 is 23.9. The molecule has 0 aromatic heterocycles. The van der Waals surface area contributed by atoms with Crippen LogP contribution >= 0.6 is 0 Å². The fourth-order valence-corrected chi connectivity index (χ4v) is 7.19. The molecule has 1 saturated carbocycles. The maximum Gasteiger partial charge on any atom is 0.169 e. The van der Waals surface area contributed by atoms with Gasteiger partial charge in [0.05, 0.1) is 25.6 Å². The number of aryl methyl sites for hydroxylation is 1. The van der Waals surface area contributed by atoms with E-state index < -0.39 is 0 Å². The Bertz CT molecular complexity index is 1530. The maximum atomic E-state index is 7.86. The predicted octanol–water partition coefficient (Wildman–Crippen LogP) is 12.2. The summed E-state index contributed by atoms with van der Waals surface area (Å²) in [6, 6.07) is 36.9. The predicted molar refractivity (Wildman–Crippen MR) is 212 cm³/mol. The number of hydrogen-bond donors (Lipinski definition) is 1. The highest BCUT2D eigenvalue weighted by Crippen LogP contribution is 2.48. The zero-order chi connectivity index (χ0) is 35.8. The molecule has 5 nitrogen and oxygen atoms in total. The third kappa shape index (κ3) is 11.7. The Morgan fingerprint density at radius 3 is 2.00 bits per heavy atom. The van der Waals surface area contributed by atoms with Crippen LogP contribution in [0.3, 0.4) is 0 Å². The van der Waals surface area contributed by atoms with Gasteiger partial charge in [-0.2, -0.15) is 0 Å². The molecule has 51 heavy (non-hydrogen) atoms. The molecule has 2 atom stereocenters. The van der Waals surface area contributed by atoms with Crippen molar-refractivity contribution in [3.63, 3.8) is 0 Å². The summed E-state index contributed by atoms with van der Waals surface area (Å²) in [5.41, 5.74) is 6.73. The molecule has 2 aliphatic carbocycles. The highest BCUT2D eigenvalue weighted by molar-refractivity contribution is 5.48. The molecule has 4 aromatic carbocycles. The lowest BCUT2D eigenvalue weighted by atomic mass is 9.69. The first-order chi connectivity index (χ1) is 24.5. The third-order valence-corrected chi connectivity index (χ3v) is 9.33. The topological polar surface area (TPSA) is 57.2 Å². The summed E-state index contributed by atoms with van der Waals surface area (Å²) >= 11 is 0. The molecule has 4 aromatic rings. The average Bonchev–Trinajstić information content (AvgIpc) is 3.65. The molecule has 0 amide bonds. The molecule has 0 radical (unpaired) electrons. The number of aliphatic hydroxyl groups is 1. The maximum absolute atomic E-state index is 7.86. The first-order valence-electron chi connectivity index (χ1n) is 18.7. The van der Waals surface area contributed by atoms with E-state index in [9.17, 15) is 0 Å². The van der Waals surface area contributed by atoms with Gasteiger partial charge in [-0.25, -0.2) is 0 Å². The zero-order valence-corrected chi connectivity index (χ0v) is 30.9. The normalized spacial score (nSPS) is 18.1. The Hall–Kier alpha value is -4.06. The van der Waals surface area contributed by atoms with Crippen molar-refractivity contribution < 1.29 is 24.1 Å². The molecule has 1 N–H and O–H groups in total. The molecule has 3 aliphatic rings. The largest absolute Gasteiger partial charge is 0.513 e. The number of benzene rings is 4. The van der Waals surface area contributed by atoms with Crippen LogP contribution in [0.25, 0.3) is 0 Å². The Kier molecular flexibility index (Phi) is 17.3. The molecular weight excluding hydrogens is 633 g/mol. The number of aliphatic hydroxyl groups excluding tert-OH is 1. The number of fused-ring (bicyclic) bond motifs is 1. The summed E-state index contributed by atoms with van der Waals surface area (Å²) in [7, 11) is 0. The summed E-state index contributed by atoms with van der Waals surface area (Å²) in [4.78, 5) is 0. The van der Waals surface area contributed by atoms with Crippen LogP contribution in [0.15, 0.2) is 115 Å². The van der Waals surface area contributed by atoms with Crippen molar-refractivity contribution in [1.82, 2.24) is 0 Å². The molecule has 2 unspecified atom stereocenters. The Balaban J connectivity index is 0.000000721. The van der Waals surface area contributed by atoms with Crippen LogP contribution in [0.2, 0.25) is 0 Å². The highest BCUT2D eigenvalue weighted by Gasteiger charge is 2.48. The van der Waals surface area contributed by atoms with Crippen molar-refractivity contribution in [2.24, 2.45) is 5.92 Å². The second kappa shape index (κ2) is 21.3.